The van der Waals surface area contributed by atoms with Gasteiger partial charge in [0.1, 0.15) is 0 Å². The molecule has 2 aliphatic rings. The first kappa shape index (κ1) is 11.4. The molecule has 15 heavy (non-hydrogen) atoms. The molecular weight excluding hydrogens is 190 g/mol. The Morgan fingerprint density at radius 1 is 1.27 bits per heavy atom. The van der Waals surface area contributed by atoms with Crippen LogP contribution in [-0.2, 0) is 4.74 Å². The smallest absolute Gasteiger partial charge is 0.0697 e. The maximum absolute atomic E-state index is 8.80. The summed E-state index contributed by atoms with van der Waals surface area (Å²) in [6.07, 6.45) is 8.75. The number of aliphatic hydroxyl groups is 1. The fourth-order valence-electron chi connectivity index (χ4n) is 3.02. The Balaban J connectivity index is 1.85. The molecule has 3 nitrogen and oxygen atoms in total. The molecule has 2 N–H and O–H groups in total. The van der Waals surface area contributed by atoms with Crippen LogP contribution in [-0.4, -0.2) is 36.5 Å². The van der Waals surface area contributed by atoms with Crippen LogP contribution in [0.25, 0.3) is 0 Å². The maximum Gasteiger partial charge on any atom is 0.0697 e. The van der Waals surface area contributed by atoms with Crippen molar-refractivity contribution in [3.63, 3.8) is 0 Å². The summed E-state index contributed by atoms with van der Waals surface area (Å²) >= 11 is 0. The van der Waals surface area contributed by atoms with E-state index in [1.165, 1.54) is 32.1 Å². The molecule has 1 heterocycles. The van der Waals surface area contributed by atoms with E-state index in [-0.39, 0.29) is 12.2 Å². The largest absolute Gasteiger partial charge is 0.395 e. The van der Waals surface area contributed by atoms with Crippen molar-refractivity contribution in [3.05, 3.63) is 0 Å². The first-order valence-electron chi connectivity index (χ1n) is 6.33. The van der Waals surface area contributed by atoms with Crippen LogP contribution in [0.5, 0.6) is 0 Å². The highest BCUT2D eigenvalue weighted by atomic mass is 16.5. The molecular formula is C12H23NO2. The molecule has 2 fully saturated rings. The molecule has 1 atom stereocenters. The molecule has 1 aliphatic heterocycles. The number of aliphatic hydroxyl groups excluding tert-OH is 1. The van der Waals surface area contributed by atoms with Crippen LogP contribution in [0.4, 0.5) is 0 Å². The molecule has 1 saturated heterocycles. The quantitative estimate of drug-likeness (QED) is 0.745. The Labute approximate surface area is 92.2 Å². The molecule has 0 aromatic heterocycles. The Morgan fingerprint density at radius 2 is 2.07 bits per heavy atom. The van der Waals surface area contributed by atoms with Crippen molar-refractivity contribution in [1.29, 1.82) is 0 Å². The van der Waals surface area contributed by atoms with E-state index in [2.05, 4.69) is 5.32 Å². The number of nitrogens with one attached hydrogen (secondary N) is 1. The first-order chi connectivity index (χ1) is 7.35. The Kier molecular flexibility index (Phi) is 4.00. The van der Waals surface area contributed by atoms with Gasteiger partial charge in [0, 0.05) is 19.2 Å². The minimum absolute atomic E-state index is 0.184. The minimum Gasteiger partial charge on any atom is -0.395 e. The average molecular weight is 213 g/mol. The summed E-state index contributed by atoms with van der Waals surface area (Å²) in [5.74, 6) is 0. The molecule has 1 saturated carbocycles. The average Bonchev–Trinajstić information content (AvgIpc) is 2.28. The lowest BCUT2D eigenvalue weighted by Gasteiger charge is -2.43. The molecule has 3 heteroatoms. The van der Waals surface area contributed by atoms with Gasteiger partial charge in [-0.3, -0.25) is 0 Å². The standard InChI is InChI=1S/C12H23NO2/c14-8-7-13-11-4-9-15-12(10-11)5-2-1-3-6-12/h11,13-14H,1-10H2. The third-order valence-electron chi connectivity index (χ3n) is 3.80. The lowest BCUT2D eigenvalue weighted by atomic mass is 9.78. The predicted octanol–water partition coefficient (Wildman–Crippen LogP) is 1.45. The highest BCUT2D eigenvalue weighted by molar-refractivity contribution is 4.91. The zero-order chi connectivity index (χ0) is 10.6. The van der Waals surface area contributed by atoms with Gasteiger partial charge in [-0.1, -0.05) is 19.3 Å². The van der Waals surface area contributed by atoms with E-state index in [9.17, 15) is 0 Å². The van der Waals surface area contributed by atoms with Gasteiger partial charge in [-0.05, 0) is 25.7 Å². The van der Waals surface area contributed by atoms with E-state index in [0.29, 0.717) is 6.04 Å². The van der Waals surface area contributed by atoms with Gasteiger partial charge in [0.15, 0.2) is 0 Å². The lowest BCUT2D eigenvalue weighted by Crippen LogP contribution is -2.48. The van der Waals surface area contributed by atoms with Gasteiger partial charge in [-0.2, -0.15) is 0 Å². The summed E-state index contributed by atoms with van der Waals surface area (Å²) in [6, 6.07) is 0.559. The second kappa shape index (κ2) is 5.28. The Morgan fingerprint density at radius 3 is 2.80 bits per heavy atom. The lowest BCUT2D eigenvalue weighted by molar-refractivity contribution is -0.109. The molecule has 0 amide bonds. The van der Waals surface area contributed by atoms with Gasteiger partial charge in [-0.15, -0.1) is 0 Å². The van der Waals surface area contributed by atoms with Crippen molar-refractivity contribution in [1.82, 2.24) is 5.32 Å². The number of hydrogen-bond acceptors (Lipinski definition) is 3. The summed E-state index contributed by atoms with van der Waals surface area (Å²) in [6.45, 7) is 1.86. The van der Waals surface area contributed by atoms with E-state index in [4.69, 9.17) is 9.84 Å². The van der Waals surface area contributed by atoms with Gasteiger partial charge >= 0.3 is 0 Å². The summed E-state index contributed by atoms with van der Waals surface area (Å²) in [5.41, 5.74) is 0.184. The van der Waals surface area contributed by atoms with Crippen molar-refractivity contribution in [3.8, 4) is 0 Å². The number of ether oxygens (including phenoxy) is 1. The van der Waals surface area contributed by atoms with Crippen LogP contribution in [0.3, 0.4) is 0 Å². The van der Waals surface area contributed by atoms with Crippen LogP contribution < -0.4 is 5.32 Å². The topological polar surface area (TPSA) is 41.5 Å². The number of hydrogen-bond donors (Lipinski definition) is 2. The van der Waals surface area contributed by atoms with Crippen molar-refractivity contribution < 1.29 is 9.84 Å². The van der Waals surface area contributed by atoms with E-state index >= 15 is 0 Å². The SMILES string of the molecule is OCCNC1CCOC2(CCCCC2)C1. The zero-order valence-corrected chi connectivity index (χ0v) is 9.50. The highest BCUT2D eigenvalue weighted by Gasteiger charge is 2.38. The normalized spacial score (nSPS) is 30.6. The third-order valence-corrected chi connectivity index (χ3v) is 3.80. The first-order valence-corrected chi connectivity index (χ1v) is 6.33. The van der Waals surface area contributed by atoms with Crippen molar-refractivity contribution >= 4 is 0 Å². The second-order valence-corrected chi connectivity index (χ2v) is 4.96. The molecule has 1 aliphatic carbocycles. The fourth-order valence-corrected chi connectivity index (χ4v) is 3.02. The van der Waals surface area contributed by atoms with Crippen LogP contribution in [0.1, 0.15) is 44.9 Å². The summed E-state index contributed by atoms with van der Waals surface area (Å²) < 4.78 is 6.01. The molecule has 1 spiro atoms. The van der Waals surface area contributed by atoms with Gasteiger partial charge in [0.2, 0.25) is 0 Å². The molecule has 88 valence electrons. The van der Waals surface area contributed by atoms with E-state index in [0.717, 1.165) is 26.0 Å². The monoisotopic (exact) mass is 213 g/mol. The third kappa shape index (κ3) is 2.92. The second-order valence-electron chi connectivity index (χ2n) is 4.96. The van der Waals surface area contributed by atoms with Gasteiger partial charge < -0.3 is 15.2 Å². The minimum atomic E-state index is 0.184. The van der Waals surface area contributed by atoms with Crippen LogP contribution in [0.2, 0.25) is 0 Å². The highest BCUT2D eigenvalue weighted by Crippen LogP contribution is 2.38. The number of rotatable bonds is 3. The Hall–Kier alpha value is -0.120. The molecule has 2 rings (SSSR count). The van der Waals surface area contributed by atoms with Crippen LogP contribution in [0, 0.1) is 0 Å². The zero-order valence-electron chi connectivity index (χ0n) is 9.50. The van der Waals surface area contributed by atoms with E-state index in [1.54, 1.807) is 0 Å². The fraction of sp³-hybridized carbons (Fsp3) is 1.00. The van der Waals surface area contributed by atoms with Crippen molar-refractivity contribution in [2.24, 2.45) is 0 Å². The van der Waals surface area contributed by atoms with Gasteiger partial charge in [0.05, 0.1) is 12.2 Å². The molecule has 0 bridgehead atoms. The summed E-state index contributed by atoms with van der Waals surface area (Å²) in [4.78, 5) is 0. The molecule has 0 aromatic carbocycles. The molecule has 0 aromatic rings. The summed E-state index contributed by atoms with van der Waals surface area (Å²) in [7, 11) is 0. The van der Waals surface area contributed by atoms with E-state index < -0.39 is 0 Å². The van der Waals surface area contributed by atoms with E-state index in [1.807, 2.05) is 0 Å². The van der Waals surface area contributed by atoms with Crippen molar-refractivity contribution in [2.75, 3.05) is 19.8 Å². The predicted molar refractivity (Wildman–Crippen MR) is 59.9 cm³/mol. The maximum atomic E-state index is 8.80. The summed E-state index contributed by atoms with van der Waals surface area (Å²) in [5, 5.41) is 12.2. The van der Waals surface area contributed by atoms with Gasteiger partial charge in [0.25, 0.3) is 0 Å². The van der Waals surface area contributed by atoms with Gasteiger partial charge in [-0.25, -0.2) is 0 Å². The molecule has 1 unspecified atom stereocenters. The van der Waals surface area contributed by atoms with Crippen LogP contribution in [0.15, 0.2) is 0 Å². The Bertz CT molecular complexity index is 185. The van der Waals surface area contributed by atoms with Crippen LogP contribution >= 0.6 is 0 Å². The molecule has 0 radical (unpaired) electrons. The van der Waals surface area contributed by atoms with Crippen molar-refractivity contribution in [2.45, 2.75) is 56.6 Å².